The third-order valence-corrected chi connectivity index (χ3v) is 2.96. The van der Waals surface area contributed by atoms with Gasteiger partial charge < -0.3 is 9.15 Å². The Labute approximate surface area is 87.1 Å². The minimum Gasteiger partial charge on any atom is -0.469 e. The number of rotatable bonds is 3. The highest BCUT2D eigenvalue weighted by atomic mass is 32.1. The van der Waals surface area contributed by atoms with Crippen molar-refractivity contribution in [2.24, 2.45) is 0 Å². The molecule has 0 saturated heterocycles. The van der Waals surface area contributed by atoms with Crippen molar-refractivity contribution >= 4 is 11.3 Å². The average Bonchev–Trinajstić information content (AvgIpc) is 2.74. The van der Waals surface area contributed by atoms with E-state index in [-0.39, 0.29) is 0 Å². The van der Waals surface area contributed by atoms with Crippen LogP contribution >= 0.6 is 11.3 Å². The van der Waals surface area contributed by atoms with Gasteiger partial charge in [-0.05, 0) is 24.4 Å². The average molecular weight is 208 g/mol. The lowest BCUT2D eigenvalue weighted by Gasteiger charge is -1.98. The molecule has 0 amide bonds. The lowest BCUT2D eigenvalue weighted by atomic mass is 10.1. The van der Waals surface area contributed by atoms with E-state index in [1.54, 1.807) is 24.7 Å². The van der Waals surface area contributed by atoms with Crippen molar-refractivity contribution in [2.45, 2.75) is 13.5 Å². The molecule has 0 N–H and O–H groups in total. The number of furan rings is 1. The predicted octanol–water partition coefficient (Wildman–Crippen LogP) is 3.46. The number of hydrogen-bond donors (Lipinski definition) is 0. The number of aryl methyl sites for hydroxylation is 1. The van der Waals surface area contributed by atoms with Crippen LogP contribution < -0.4 is 0 Å². The molecule has 2 rings (SSSR count). The highest BCUT2D eigenvalue weighted by Gasteiger charge is 2.08. The van der Waals surface area contributed by atoms with Crippen LogP contribution in [0.4, 0.5) is 0 Å². The van der Waals surface area contributed by atoms with Gasteiger partial charge in [-0.15, -0.1) is 11.3 Å². The van der Waals surface area contributed by atoms with Gasteiger partial charge >= 0.3 is 0 Å². The van der Waals surface area contributed by atoms with Crippen molar-refractivity contribution in [1.29, 1.82) is 0 Å². The van der Waals surface area contributed by atoms with Gasteiger partial charge in [0.05, 0.1) is 12.9 Å². The molecule has 0 aliphatic heterocycles. The Morgan fingerprint density at radius 2 is 2.36 bits per heavy atom. The molecule has 14 heavy (non-hydrogen) atoms. The molecule has 0 fully saturated rings. The summed E-state index contributed by atoms with van der Waals surface area (Å²) < 4.78 is 10.4. The highest BCUT2D eigenvalue weighted by Crippen LogP contribution is 2.30. The minimum atomic E-state index is 0.664. The summed E-state index contributed by atoms with van der Waals surface area (Å²) in [6.45, 7) is 2.61. The topological polar surface area (TPSA) is 22.4 Å². The highest BCUT2D eigenvalue weighted by molar-refractivity contribution is 7.10. The van der Waals surface area contributed by atoms with Gasteiger partial charge in [0.25, 0.3) is 0 Å². The van der Waals surface area contributed by atoms with Crippen LogP contribution in [-0.4, -0.2) is 7.11 Å². The first-order chi connectivity index (χ1) is 6.81. The van der Waals surface area contributed by atoms with Crippen LogP contribution in [0.2, 0.25) is 0 Å². The SMILES string of the molecule is COCc1sccc1-c1coc(C)c1. The van der Waals surface area contributed by atoms with Gasteiger partial charge in [0.2, 0.25) is 0 Å². The van der Waals surface area contributed by atoms with Crippen molar-refractivity contribution < 1.29 is 9.15 Å². The molecule has 0 aliphatic carbocycles. The molecule has 2 heterocycles. The molecule has 0 radical (unpaired) electrons. The molecule has 0 atom stereocenters. The zero-order valence-electron chi connectivity index (χ0n) is 8.24. The minimum absolute atomic E-state index is 0.664. The fourth-order valence-corrected chi connectivity index (χ4v) is 2.29. The second-order valence-corrected chi connectivity index (χ2v) is 4.14. The normalized spacial score (nSPS) is 10.7. The fraction of sp³-hybridized carbons (Fsp3) is 0.273. The molecular formula is C11H12O2S. The third kappa shape index (κ3) is 1.74. The van der Waals surface area contributed by atoms with Crippen LogP contribution in [0.25, 0.3) is 11.1 Å². The lowest BCUT2D eigenvalue weighted by Crippen LogP contribution is -1.84. The summed E-state index contributed by atoms with van der Waals surface area (Å²) in [5.41, 5.74) is 2.35. The van der Waals surface area contributed by atoms with Gasteiger partial charge in [-0.2, -0.15) is 0 Å². The van der Waals surface area contributed by atoms with Crippen molar-refractivity contribution in [1.82, 2.24) is 0 Å². The summed E-state index contributed by atoms with van der Waals surface area (Å²) in [6, 6.07) is 4.14. The summed E-state index contributed by atoms with van der Waals surface area (Å²) in [6.07, 6.45) is 1.79. The van der Waals surface area contributed by atoms with E-state index in [1.807, 2.05) is 13.0 Å². The molecule has 74 valence electrons. The van der Waals surface area contributed by atoms with Crippen LogP contribution in [0.1, 0.15) is 10.6 Å². The number of methoxy groups -OCH3 is 1. The van der Waals surface area contributed by atoms with E-state index in [0.29, 0.717) is 6.61 Å². The molecule has 3 heteroatoms. The standard InChI is InChI=1S/C11H12O2S/c1-8-5-9(6-13-8)10-3-4-14-11(10)7-12-2/h3-6H,7H2,1-2H3. The van der Waals surface area contributed by atoms with E-state index in [2.05, 4.69) is 11.4 Å². The molecule has 0 spiro atoms. The van der Waals surface area contributed by atoms with Crippen molar-refractivity contribution in [3.05, 3.63) is 34.4 Å². The number of thiophene rings is 1. The van der Waals surface area contributed by atoms with Crippen LogP contribution in [-0.2, 0) is 11.3 Å². The Hall–Kier alpha value is -1.06. The van der Waals surface area contributed by atoms with E-state index in [9.17, 15) is 0 Å². The predicted molar refractivity (Wildman–Crippen MR) is 57.5 cm³/mol. The monoisotopic (exact) mass is 208 g/mol. The molecule has 0 bridgehead atoms. The molecule has 0 saturated carbocycles. The molecular weight excluding hydrogens is 196 g/mol. The first-order valence-electron chi connectivity index (χ1n) is 4.42. The maximum Gasteiger partial charge on any atom is 0.101 e. The van der Waals surface area contributed by atoms with Gasteiger partial charge in [-0.25, -0.2) is 0 Å². The quantitative estimate of drug-likeness (QED) is 0.770. The smallest absolute Gasteiger partial charge is 0.101 e. The summed E-state index contributed by atoms with van der Waals surface area (Å²) >= 11 is 1.71. The zero-order valence-corrected chi connectivity index (χ0v) is 9.06. The molecule has 2 aromatic rings. The van der Waals surface area contributed by atoms with Crippen molar-refractivity contribution in [3.8, 4) is 11.1 Å². The maximum absolute atomic E-state index is 5.29. The lowest BCUT2D eigenvalue weighted by molar-refractivity contribution is 0.188. The Kier molecular flexibility index (Phi) is 2.70. The van der Waals surface area contributed by atoms with E-state index in [0.717, 1.165) is 11.3 Å². The second kappa shape index (κ2) is 3.98. The summed E-state index contributed by atoms with van der Waals surface area (Å²) in [4.78, 5) is 1.24. The zero-order chi connectivity index (χ0) is 9.97. The summed E-state index contributed by atoms with van der Waals surface area (Å²) in [5, 5.41) is 2.08. The summed E-state index contributed by atoms with van der Waals surface area (Å²) in [5.74, 6) is 0.939. The molecule has 0 aliphatic rings. The Morgan fingerprint density at radius 1 is 1.50 bits per heavy atom. The van der Waals surface area contributed by atoms with Crippen LogP contribution in [0.15, 0.2) is 28.2 Å². The third-order valence-electron chi connectivity index (χ3n) is 2.06. The molecule has 2 nitrogen and oxygen atoms in total. The van der Waals surface area contributed by atoms with Crippen LogP contribution in [0, 0.1) is 6.92 Å². The first-order valence-corrected chi connectivity index (χ1v) is 5.30. The molecule has 0 aromatic carbocycles. The van der Waals surface area contributed by atoms with Crippen molar-refractivity contribution in [3.63, 3.8) is 0 Å². The Balaban J connectivity index is 2.36. The van der Waals surface area contributed by atoms with Crippen molar-refractivity contribution in [2.75, 3.05) is 7.11 Å². The number of hydrogen-bond acceptors (Lipinski definition) is 3. The van der Waals surface area contributed by atoms with Gasteiger partial charge in [0.15, 0.2) is 0 Å². The van der Waals surface area contributed by atoms with Gasteiger partial charge in [-0.1, -0.05) is 0 Å². The maximum atomic E-state index is 5.29. The van der Waals surface area contributed by atoms with Crippen LogP contribution in [0.3, 0.4) is 0 Å². The van der Waals surface area contributed by atoms with Gasteiger partial charge in [-0.3, -0.25) is 0 Å². The molecule has 0 unspecified atom stereocenters. The van der Waals surface area contributed by atoms with Gasteiger partial charge in [0, 0.05) is 23.1 Å². The largest absolute Gasteiger partial charge is 0.469 e. The number of ether oxygens (including phenoxy) is 1. The Morgan fingerprint density at radius 3 is 3.00 bits per heavy atom. The van der Waals surface area contributed by atoms with E-state index in [1.165, 1.54) is 10.4 Å². The van der Waals surface area contributed by atoms with E-state index < -0.39 is 0 Å². The first kappa shape index (κ1) is 9.49. The van der Waals surface area contributed by atoms with Crippen LogP contribution in [0.5, 0.6) is 0 Å². The van der Waals surface area contributed by atoms with E-state index >= 15 is 0 Å². The second-order valence-electron chi connectivity index (χ2n) is 3.14. The van der Waals surface area contributed by atoms with Gasteiger partial charge in [0.1, 0.15) is 5.76 Å². The Bertz CT molecular complexity index is 414. The van der Waals surface area contributed by atoms with E-state index in [4.69, 9.17) is 9.15 Å². The summed E-state index contributed by atoms with van der Waals surface area (Å²) in [7, 11) is 1.71. The fourth-order valence-electron chi connectivity index (χ4n) is 1.43. The molecule has 2 aromatic heterocycles.